The Bertz CT molecular complexity index is 912. The second kappa shape index (κ2) is 6.58. The number of methoxy groups -OCH3 is 1. The number of carbonyl (C=O) groups excluding carboxylic acids is 2. The van der Waals surface area contributed by atoms with Crippen molar-refractivity contribution >= 4 is 28.5 Å². The number of benzene rings is 2. The van der Waals surface area contributed by atoms with Crippen LogP contribution in [0, 0.1) is 6.92 Å². The number of rotatable bonds is 4. The van der Waals surface area contributed by atoms with Gasteiger partial charge in [-0.1, -0.05) is 24.3 Å². The molecule has 1 amide bonds. The highest BCUT2D eigenvalue weighted by Crippen LogP contribution is 2.21. The second-order valence-electron chi connectivity index (χ2n) is 5.55. The van der Waals surface area contributed by atoms with Gasteiger partial charge in [-0.15, -0.1) is 0 Å². The largest absolute Gasteiger partial charge is 0.465 e. The van der Waals surface area contributed by atoms with Crippen molar-refractivity contribution in [3.05, 3.63) is 65.4 Å². The van der Waals surface area contributed by atoms with E-state index >= 15 is 0 Å². The Morgan fingerprint density at radius 1 is 1.12 bits per heavy atom. The summed E-state index contributed by atoms with van der Waals surface area (Å²) in [6, 6.07) is 13.0. The molecule has 0 aliphatic rings. The Kier molecular flexibility index (Phi) is 4.33. The maximum Gasteiger partial charge on any atom is 0.338 e. The zero-order valence-corrected chi connectivity index (χ0v) is 13.6. The van der Waals surface area contributed by atoms with Crippen LogP contribution in [0.5, 0.6) is 0 Å². The number of para-hydroxylation sites is 1. The molecule has 0 bridgehead atoms. The first kappa shape index (κ1) is 15.8. The Hall–Kier alpha value is -3.08. The molecule has 0 radical (unpaired) electrons. The third kappa shape index (κ3) is 3.01. The summed E-state index contributed by atoms with van der Waals surface area (Å²) in [5, 5.41) is 3.91. The molecule has 0 aliphatic heterocycles. The van der Waals surface area contributed by atoms with E-state index in [9.17, 15) is 9.59 Å². The molecule has 1 heterocycles. The number of fused-ring (bicyclic) bond motifs is 1. The standard InChI is InChI=1S/C19H18N2O3/c1-12-14(19(23)24-2)7-5-9-16(12)21-18(22)10-13-11-20-17-8-4-3-6-15(13)17/h3-9,11,20H,10H2,1-2H3,(H,21,22). The summed E-state index contributed by atoms with van der Waals surface area (Å²) in [5.41, 5.74) is 3.69. The fourth-order valence-corrected chi connectivity index (χ4v) is 2.75. The van der Waals surface area contributed by atoms with Crippen molar-refractivity contribution in [1.82, 2.24) is 4.98 Å². The zero-order chi connectivity index (χ0) is 17.1. The molecule has 24 heavy (non-hydrogen) atoms. The van der Waals surface area contributed by atoms with Crippen molar-refractivity contribution in [3.8, 4) is 0 Å². The second-order valence-corrected chi connectivity index (χ2v) is 5.55. The molecule has 122 valence electrons. The first-order valence-corrected chi connectivity index (χ1v) is 7.63. The molecule has 0 atom stereocenters. The van der Waals surface area contributed by atoms with Crippen molar-refractivity contribution in [1.29, 1.82) is 0 Å². The first-order valence-electron chi connectivity index (χ1n) is 7.63. The van der Waals surface area contributed by atoms with Gasteiger partial charge in [0.05, 0.1) is 19.1 Å². The minimum absolute atomic E-state index is 0.134. The highest BCUT2D eigenvalue weighted by atomic mass is 16.5. The van der Waals surface area contributed by atoms with Crippen molar-refractivity contribution < 1.29 is 14.3 Å². The zero-order valence-electron chi connectivity index (χ0n) is 13.6. The number of ether oxygens (including phenoxy) is 1. The lowest BCUT2D eigenvalue weighted by Gasteiger charge is -2.11. The van der Waals surface area contributed by atoms with Gasteiger partial charge in [-0.3, -0.25) is 4.79 Å². The smallest absolute Gasteiger partial charge is 0.338 e. The molecule has 0 fully saturated rings. The van der Waals surface area contributed by atoms with Gasteiger partial charge < -0.3 is 15.0 Å². The number of hydrogen-bond donors (Lipinski definition) is 2. The molecule has 0 aliphatic carbocycles. The van der Waals surface area contributed by atoms with Gasteiger partial charge in [-0.2, -0.15) is 0 Å². The van der Waals surface area contributed by atoms with Crippen molar-refractivity contribution in [2.75, 3.05) is 12.4 Å². The number of hydrogen-bond acceptors (Lipinski definition) is 3. The lowest BCUT2D eigenvalue weighted by molar-refractivity contribution is -0.115. The van der Waals surface area contributed by atoms with Crippen molar-refractivity contribution in [3.63, 3.8) is 0 Å². The Balaban J connectivity index is 1.79. The molecule has 2 aromatic carbocycles. The number of esters is 1. The fraction of sp³-hybridized carbons (Fsp3) is 0.158. The van der Waals surface area contributed by atoms with Crippen LogP contribution in [0.4, 0.5) is 5.69 Å². The average Bonchev–Trinajstić information content (AvgIpc) is 2.99. The highest BCUT2D eigenvalue weighted by Gasteiger charge is 2.14. The highest BCUT2D eigenvalue weighted by molar-refractivity contribution is 5.98. The summed E-state index contributed by atoms with van der Waals surface area (Å²) in [6.07, 6.45) is 2.11. The normalized spacial score (nSPS) is 10.6. The molecule has 3 aromatic rings. The van der Waals surface area contributed by atoms with Crippen LogP contribution in [-0.2, 0) is 16.0 Å². The van der Waals surface area contributed by atoms with Crippen LogP contribution in [0.1, 0.15) is 21.5 Å². The lowest BCUT2D eigenvalue weighted by atomic mass is 10.1. The third-order valence-corrected chi connectivity index (χ3v) is 4.04. The molecule has 1 aromatic heterocycles. The van der Waals surface area contributed by atoms with E-state index in [-0.39, 0.29) is 12.3 Å². The van der Waals surface area contributed by atoms with Gasteiger partial charge in [0.25, 0.3) is 0 Å². The van der Waals surface area contributed by atoms with Gasteiger partial charge in [0, 0.05) is 22.8 Å². The third-order valence-electron chi connectivity index (χ3n) is 4.04. The molecule has 0 saturated carbocycles. The monoisotopic (exact) mass is 322 g/mol. The van der Waals surface area contributed by atoms with Gasteiger partial charge >= 0.3 is 5.97 Å². The molecular weight excluding hydrogens is 304 g/mol. The van der Waals surface area contributed by atoms with E-state index in [0.29, 0.717) is 16.8 Å². The summed E-state index contributed by atoms with van der Waals surface area (Å²) in [4.78, 5) is 27.3. The van der Waals surface area contributed by atoms with E-state index in [0.717, 1.165) is 16.5 Å². The maximum absolute atomic E-state index is 12.4. The predicted octanol–water partition coefficient (Wildman–Crippen LogP) is 3.44. The van der Waals surface area contributed by atoms with E-state index in [1.807, 2.05) is 30.5 Å². The molecule has 0 unspecified atom stereocenters. The Morgan fingerprint density at radius 3 is 2.71 bits per heavy atom. The quantitative estimate of drug-likeness (QED) is 0.723. The SMILES string of the molecule is COC(=O)c1cccc(NC(=O)Cc2c[nH]c3ccccc23)c1C. The van der Waals surface area contributed by atoms with Crippen LogP contribution in [0.25, 0.3) is 10.9 Å². The molecule has 5 heteroatoms. The molecule has 5 nitrogen and oxygen atoms in total. The van der Waals surface area contributed by atoms with E-state index in [1.54, 1.807) is 25.1 Å². The van der Waals surface area contributed by atoms with Crippen LogP contribution in [-0.4, -0.2) is 24.0 Å². The predicted molar refractivity (Wildman–Crippen MR) is 93.2 cm³/mol. The van der Waals surface area contributed by atoms with E-state index in [2.05, 4.69) is 10.3 Å². The van der Waals surface area contributed by atoms with Crippen LogP contribution >= 0.6 is 0 Å². The minimum atomic E-state index is -0.416. The van der Waals surface area contributed by atoms with Crippen LogP contribution in [0.15, 0.2) is 48.7 Å². The topological polar surface area (TPSA) is 71.2 Å². The summed E-state index contributed by atoms with van der Waals surface area (Å²) in [7, 11) is 1.34. The van der Waals surface area contributed by atoms with Gasteiger partial charge in [-0.25, -0.2) is 4.79 Å². The van der Waals surface area contributed by atoms with Crippen LogP contribution in [0.3, 0.4) is 0 Å². The molecule has 0 saturated heterocycles. The van der Waals surface area contributed by atoms with Gasteiger partial charge in [0.15, 0.2) is 0 Å². The summed E-state index contributed by atoms with van der Waals surface area (Å²) in [5.74, 6) is -0.551. The molecule has 0 spiro atoms. The van der Waals surface area contributed by atoms with Gasteiger partial charge in [0.1, 0.15) is 0 Å². The summed E-state index contributed by atoms with van der Waals surface area (Å²) in [6.45, 7) is 1.79. The maximum atomic E-state index is 12.4. The number of aromatic nitrogens is 1. The minimum Gasteiger partial charge on any atom is -0.465 e. The van der Waals surface area contributed by atoms with Crippen molar-refractivity contribution in [2.45, 2.75) is 13.3 Å². The number of amides is 1. The number of anilines is 1. The van der Waals surface area contributed by atoms with Crippen molar-refractivity contribution in [2.24, 2.45) is 0 Å². The van der Waals surface area contributed by atoms with Crippen LogP contribution in [0.2, 0.25) is 0 Å². The number of aromatic amines is 1. The molecule has 2 N–H and O–H groups in total. The molecular formula is C19H18N2O3. The number of carbonyl (C=O) groups is 2. The van der Waals surface area contributed by atoms with Gasteiger partial charge in [-0.05, 0) is 36.2 Å². The van der Waals surface area contributed by atoms with Crippen LogP contribution < -0.4 is 5.32 Å². The number of nitrogens with one attached hydrogen (secondary N) is 2. The fourth-order valence-electron chi connectivity index (χ4n) is 2.75. The van der Waals surface area contributed by atoms with E-state index < -0.39 is 5.97 Å². The first-order chi connectivity index (χ1) is 11.6. The lowest BCUT2D eigenvalue weighted by Crippen LogP contribution is -2.16. The molecule has 3 rings (SSSR count). The summed E-state index contributed by atoms with van der Waals surface area (Å²) >= 11 is 0. The average molecular weight is 322 g/mol. The summed E-state index contributed by atoms with van der Waals surface area (Å²) < 4.78 is 4.75. The van der Waals surface area contributed by atoms with E-state index in [1.165, 1.54) is 7.11 Å². The Labute approximate surface area is 139 Å². The Morgan fingerprint density at radius 2 is 1.92 bits per heavy atom. The van der Waals surface area contributed by atoms with E-state index in [4.69, 9.17) is 4.74 Å². The number of H-pyrrole nitrogens is 1. The van der Waals surface area contributed by atoms with Gasteiger partial charge in [0.2, 0.25) is 5.91 Å².